The highest BCUT2D eigenvalue weighted by Crippen LogP contribution is 2.06. The van der Waals surface area contributed by atoms with Crippen molar-refractivity contribution in [3.8, 4) is 0 Å². The topological polar surface area (TPSA) is 43.2 Å². The number of hydrogen-bond acceptors (Lipinski definition) is 4. The Balaban J connectivity index is 1.88. The van der Waals surface area contributed by atoms with Crippen LogP contribution < -0.4 is 0 Å². The summed E-state index contributed by atoms with van der Waals surface area (Å²) in [4.78, 5) is 0. The number of hydrogen-bond donors (Lipinski definition) is 0. The highest BCUT2D eigenvalue weighted by molar-refractivity contribution is 5.88. The van der Waals surface area contributed by atoms with Gasteiger partial charge >= 0.3 is 0 Å². The van der Waals surface area contributed by atoms with Gasteiger partial charge in [0.25, 0.3) is 0 Å². The molecule has 2 aliphatic heterocycles. The molecule has 0 spiro atoms. The summed E-state index contributed by atoms with van der Waals surface area (Å²) in [5.74, 6) is 0. The van der Waals surface area contributed by atoms with E-state index in [0.717, 1.165) is 52.1 Å². The third kappa shape index (κ3) is 2.89. The average molecular weight is 196 g/mol. The summed E-state index contributed by atoms with van der Waals surface area (Å²) >= 11 is 0. The molecular weight excluding hydrogens is 180 g/mol. The predicted octanol–water partition coefficient (Wildman–Crippen LogP) is 1.40. The molecule has 0 atom stereocenters. The second-order valence-corrected chi connectivity index (χ2v) is 3.56. The van der Waals surface area contributed by atoms with E-state index in [-0.39, 0.29) is 0 Å². The lowest BCUT2D eigenvalue weighted by Gasteiger charge is -2.14. The lowest BCUT2D eigenvalue weighted by Crippen LogP contribution is -2.16. The summed E-state index contributed by atoms with van der Waals surface area (Å²) < 4.78 is 10.5. The van der Waals surface area contributed by atoms with Gasteiger partial charge in [-0.3, -0.25) is 0 Å². The molecular formula is C10H16N2O2. The average Bonchev–Trinajstić information content (AvgIpc) is 2.29. The van der Waals surface area contributed by atoms with Gasteiger partial charge in [-0.15, -0.1) is 0 Å². The first-order chi connectivity index (χ1) is 6.95. The van der Waals surface area contributed by atoms with Gasteiger partial charge in [-0.1, -0.05) is 0 Å². The molecule has 0 bridgehead atoms. The molecule has 0 aromatic heterocycles. The summed E-state index contributed by atoms with van der Waals surface area (Å²) in [5.41, 5.74) is 2.35. The minimum absolute atomic E-state index is 0.798. The van der Waals surface area contributed by atoms with E-state index in [2.05, 4.69) is 10.2 Å². The molecule has 0 aliphatic carbocycles. The third-order valence-corrected chi connectivity index (χ3v) is 2.47. The van der Waals surface area contributed by atoms with Crippen LogP contribution in [-0.4, -0.2) is 37.9 Å². The van der Waals surface area contributed by atoms with Crippen molar-refractivity contribution in [2.45, 2.75) is 25.7 Å². The maximum atomic E-state index is 5.24. The molecule has 14 heavy (non-hydrogen) atoms. The Morgan fingerprint density at radius 2 is 1.00 bits per heavy atom. The van der Waals surface area contributed by atoms with Crippen LogP contribution in [0.5, 0.6) is 0 Å². The Hall–Kier alpha value is -0.740. The number of nitrogens with zero attached hydrogens (tertiary/aromatic N) is 2. The first-order valence-electron chi connectivity index (χ1n) is 5.22. The van der Waals surface area contributed by atoms with Gasteiger partial charge in [0.05, 0.1) is 26.4 Å². The van der Waals surface area contributed by atoms with Crippen LogP contribution in [0.25, 0.3) is 0 Å². The monoisotopic (exact) mass is 196 g/mol. The summed E-state index contributed by atoms with van der Waals surface area (Å²) in [6, 6.07) is 0. The Kier molecular flexibility index (Phi) is 3.65. The van der Waals surface area contributed by atoms with Crippen LogP contribution in [0.1, 0.15) is 25.7 Å². The van der Waals surface area contributed by atoms with Crippen LogP contribution >= 0.6 is 0 Å². The van der Waals surface area contributed by atoms with Crippen molar-refractivity contribution in [1.29, 1.82) is 0 Å². The first kappa shape index (κ1) is 9.80. The maximum absolute atomic E-state index is 5.24. The van der Waals surface area contributed by atoms with Crippen molar-refractivity contribution in [3.63, 3.8) is 0 Å². The van der Waals surface area contributed by atoms with E-state index in [1.165, 1.54) is 11.4 Å². The van der Waals surface area contributed by atoms with E-state index in [1.807, 2.05) is 0 Å². The predicted molar refractivity (Wildman–Crippen MR) is 55.0 cm³/mol. The molecule has 2 aliphatic rings. The number of rotatable bonds is 1. The van der Waals surface area contributed by atoms with Crippen molar-refractivity contribution in [2.75, 3.05) is 26.4 Å². The van der Waals surface area contributed by atoms with Gasteiger partial charge < -0.3 is 9.47 Å². The van der Waals surface area contributed by atoms with Crippen molar-refractivity contribution < 1.29 is 9.47 Å². The lowest BCUT2D eigenvalue weighted by atomic mass is 10.2. The summed E-state index contributed by atoms with van der Waals surface area (Å²) in [6.07, 6.45) is 3.75. The van der Waals surface area contributed by atoms with E-state index < -0.39 is 0 Å². The van der Waals surface area contributed by atoms with Crippen LogP contribution in [0.15, 0.2) is 10.2 Å². The number of ether oxygens (including phenoxy) is 2. The molecule has 0 radical (unpaired) electrons. The van der Waals surface area contributed by atoms with Crippen LogP contribution in [0.3, 0.4) is 0 Å². The lowest BCUT2D eigenvalue weighted by molar-refractivity contribution is 0.133. The fraction of sp³-hybridized carbons (Fsp3) is 0.800. The Morgan fingerprint density at radius 3 is 1.36 bits per heavy atom. The van der Waals surface area contributed by atoms with E-state index in [0.29, 0.717) is 0 Å². The molecule has 0 unspecified atom stereocenters. The van der Waals surface area contributed by atoms with Crippen molar-refractivity contribution in [1.82, 2.24) is 0 Å². The van der Waals surface area contributed by atoms with Gasteiger partial charge in [0.15, 0.2) is 0 Å². The van der Waals surface area contributed by atoms with E-state index in [4.69, 9.17) is 9.47 Å². The Bertz CT molecular complexity index is 207. The van der Waals surface area contributed by atoms with E-state index in [9.17, 15) is 0 Å². The Morgan fingerprint density at radius 1 is 0.643 bits per heavy atom. The molecule has 0 saturated carbocycles. The zero-order chi connectivity index (χ0) is 9.64. The third-order valence-electron chi connectivity index (χ3n) is 2.47. The quantitative estimate of drug-likeness (QED) is 0.595. The van der Waals surface area contributed by atoms with Crippen molar-refractivity contribution in [3.05, 3.63) is 0 Å². The molecule has 2 fully saturated rings. The molecule has 4 nitrogen and oxygen atoms in total. The zero-order valence-electron chi connectivity index (χ0n) is 8.37. The highest BCUT2D eigenvalue weighted by atomic mass is 16.5. The molecule has 4 heteroatoms. The minimum Gasteiger partial charge on any atom is -0.381 e. The van der Waals surface area contributed by atoms with Crippen molar-refractivity contribution >= 4 is 11.4 Å². The van der Waals surface area contributed by atoms with Crippen LogP contribution in [0.2, 0.25) is 0 Å². The fourth-order valence-corrected chi connectivity index (χ4v) is 1.56. The summed E-state index contributed by atoms with van der Waals surface area (Å²) in [5, 5.41) is 8.55. The second kappa shape index (κ2) is 5.22. The van der Waals surface area contributed by atoms with Gasteiger partial charge in [-0.05, 0) is 0 Å². The molecule has 2 saturated heterocycles. The molecule has 2 rings (SSSR count). The van der Waals surface area contributed by atoms with Crippen molar-refractivity contribution in [2.24, 2.45) is 10.2 Å². The van der Waals surface area contributed by atoms with Gasteiger partial charge in [0, 0.05) is 37.1 Å². The van der Waals surface area contributed by atoms with Gasteiger partial charge in [-0.25, -0.2) is 0 Å². The second-order valence-electron chi connectivity index (χ2n) is 3.56. The fourth-order valence-electron chi connectivity index (χ4n) is 1.56. The normalized spacial score (nSPS) is 23.4. The van der Waals surface area contributed by atoms with Crippen LogP contribution in [0, 0.1) is 0 Å². The largest absolute Gasteiger partial charge is 0.381 e. The van der Waals surface area contributed by atoms with E-state index >= 15 is 0 Å². The molecule has 78 valence electrons. The molecule has 0 amide bonds. The summed E-state index contributed by atoms with van der Waals surface area (Å²) in [7, 11) is 0. The van der Waals surface area contributed by atoms with Gasteiger partial charge in [0.1, 0.15) is 0 Å². The zero-order valence-corrected chi connectivity index (χ0v) is 8.37. The Labute approximate surface area is 84.0 Å². The SMILES string of the molecule is C1CC(=NN=C2CCOCC2)CCO1. The molecule has 0 aromatic rings. The standard InChI is InChI=1S/C10H16N2O2/c1-5-13-6-2-9(1)11-12-10-3-7-14-8-4-10/h1-8H2. The molecule has 2 heterocycles. The smallest absolute Gasteiger partial charge is 0.0519 e. The summed E-state index contributed by atoms with van der Waals surface area (Å²) in [6.45, 7) is 3.19. The van der Waals surface area contributed by atoms with Gasteiger partial charge in [-0.2, -0.15) is 10.2 Å². The van der Waals surface area contributed by atoms with Crippen LogP contribution in [0.4, 0.5) is 0 Å². The van der Waals surface area contributed by atoms with Gasteiger partial charge in [0.2, 0.25) is 0 Å². The molecule has 0 N–H and O–H groups in total. The highest BCUT2D eigenvalue weighted by Gasteiger charge is 2.08. The molecule has 0 aromatic carbocycles. The van der Waals surface area contributed by atoms with Crippen LogP contribution in [-0.2, 0) is 9.47 Å². The van der Waals surface area contributed by atoms with E-state index in [1.54, 1.807) is 0 Å². The maximum Gasteiger partial charge on any atom is 0.0519 e. The minimum atomic E-state index is 0.798. The first-order valence-corrected chi connectivity index (χ1v) is 5.22.